The summed E-state index contributed by atoms with van der Waals surface area (Å²) in [5.41, 5.74) is 8.20. The molecule has 4 heteroatoms. The summed E-state index contributed by atoms with van der Waals surface area (Å²) in [4.78, 5) is 0. The van der Waals surface area contributed by atoms with Gasteiger partial charge in [0.05, 0.1) is 6.04 Å². The number of halogens is 3. The van der Waals surface area contributed by atoms with Crippen LogP contribution in [-0.2, 0) is 0 Å². The molecule has 0 heterocycles. The third kappa shape index (κ3) is 2.66. The van der Waals surface area contributed by atoms with Gasteiger partial charge in [-0.2, -0.15) is 0 Å². The molecule has 0 radical (unpaired) electrons. The average molecular weight is 284 g/mol. The van der Waals surface area contributed by atoms with Gasteiger partial charge in [0.15, 0.2) is 0 Å². The Kier molecular flexibility index (Phi) is 3.91. The summed E-state index contributed by atoms with van der Waals surface area (Å²) in [6, 6.07) is 9.32. The average Bonchev–Trinajstić information content (AvgIpc) is 2.27. The van der Waals surface area contributed by atoms with Crippen molar-refractivity contribution >= 4 is 23.2 Å². The van der Waals surface area contributed by atoms with Gasteiger partial charge in [-0.15, -0.1) is 0 Å². The second-order valence-electron chi connectivity index (χ2n) is 4.17. The second kappa shape index (κ2) is 5.27. The molecular weight excluding hydrogens is 272 g/mol. The molecule has 0 fully saturated rings. The highest BCUT2D eigenvalue weighted by molar-refractivity contribution is 6.36. The molecule has 0 saturated carbocycles. The van der Waals surface area contributed by atoms with Crippen LogP contribution in [0.15, 0.2) is 36.4 Å². The van der Waals surface area contributed by atoms with E-state index >= 15 is 0 Å². The van der Waals surface area contributed by atoms with Crippen LogP contribution in [0.25, 0.3) is 0 Å². The molecule has 0 aliphatic heterocycles. The van der Waals surface area contributed by atoms with Crippen molar-refractivity contribution in [3.05, 3.63) is 69.0 Å². The van der Waals surface area contributed by atoms with E-state index in [-0.39, 0.29) is 5.82 Å². The van der Waals surface area contributed by atoms with Crippen molar-refractivity contribution in [3.63, 3.8) is 0 Å². The van der Waals surface area contributed by atoms with Gasteiger partial charge < -0.3 is 5.73 Å². The minimum absolute atomic E-state index is 0.316. The van der Waals surface area contributed by atoms with Crippen molar-refractivity contribution < 1.29 is 4.39 Å². The Morgan fingerprint density at radius 3 is 2.28 bits per heavy atom. The van der Waals surface area contributed by atoms with E-state index in [4.69, 9.17) is 28.9 Å². The van der Waals surface area contributed by atoms with Gasteiger partial charge in [0.25, 0.3) is 0 Å². The summed E-state index contributed by atoms with van der Waals surface area (Å²) in [6.45, 7) is 1.81. The molecule has 0 aliphatic rings. The SMILES string of the molecule is Cc1cc(F)cc(C(N)c2c(Cl)cccc2Cl)c1. The molecular formula is C14H12Cl2FN. The van der Waals surface area contributed by atoms with Crippen LogP contribution >= 0.6 is 23.2 Å². The Morgan fingerprint density at radius 2 is 1.72 bits per heavy atom. The molecule has 1 atom stereocenters. The molecule has 0 aliphatic carbocycles. The summed E-state index contributed by atoms with van der Waals surface area (Å²) in [5, 5.41) is 0.967. The number of hydrogen-bond acceptors (Lipinski definition) is 1. The van der Waals surface area contributed by atoms with Gasteiger partial charge in [0.1, 0.15) is 5.82 Å². The van der Waals surface area contributed by atoms with E-state index in [1.54, 1.807) is 18.2 Å². The van der Waals surface area contributed by atoms with Crippen molar-refractivity contribution in [2.45, 2.75) is 13.0 Å². The van der Waals surface area contributed by atoms with E-state index in [0.29, 0.717) is 21.2 Å². The van der Waals surface area contributed by atoms with Gasteiger partial charge >= 0.3 is 0 Å². The van der Waals surface area contributed by atoms with Gasteiger partial charge in [-0.3, -0.25) is 0 Å². The topological polar surface area (TPSA) is 26.0 Å². The van der Waals surface area contributed by atoms with Crippen LogP contribution in [-0.4, -0.2) is 0 Å². The molecule has 0 bridgehead atoms. The van der Waals surface area contributed by atoms with E-state index in [9.17, 15) is 4.39 Å². The number of aryl methyl sites for hydroxylation is 1. The molecule has 94 valence electrons. The molecule has 2 aromatic carbocycles. The first kappa shape index (κ1) is 13.3. The van der Waals surface area contributed by atoms with Crippen molar-refractivity contribution in [1.29, 1.82) is 0 Å². The summed E-state index contributed by atoms with van der Waals surface area (Å²) in [5.74, 6) is -0.316. The second-order valence-corrected chi connectivity index (χ2v) is 4.99. The normalized spacial score (nSPS) is 12.5. The minimum Gasteiger partial charge on any atom is -0.320 e. The summed E-state index contributed by atoms with van der Waals surface area (Å²) in [7, 11) is 0. The standard InChI is InChI=1S/C14H12Cl2FN/c1-8-5-9(7-10(17)6-8)14(18)13-11(15)3-2-4-12(13)16/h2-7,14H,18H2,1H3. The minimum atomic E-state index is -0.541. The molecule has 0 saturated heterocycles. The van der Waals surface area contributed by atoms with Crippen LogP contribution in [0.1, 0.15) is 22.7 Å². The van der Waals surface area contributed by atoms with Crippen molar-refractivity contribution in [1.82, 2.24) is 0 Å². The maximum atomic E-state index is 13.4. The highest BCUT2D eigenvalue weighted by Crippen LogP contribution is 2.33. The first-order valence-corrected chi connectivity index (χ1v) is 6.21. The smallest absolute Gasteiger partial charge is 0.123 e. The lowest BCUT2D eigenvalue weighted by Gasteiger charge is -2.16. The Balaban J connectivity index is 2.51. The lowest BCUT2D eigenvalue weighted by Crippen LogP contribution is -2.13. The molecule has 18 heavy (non-hydrogen) atoms. The fourth-order valence-electron chi connectivity index (χ4n) is 1.92. The Morgan fingerprint density at radius 1 is 1.11 bits per heavy atom. The summed E-state index contributed by atoms with van der Waals surface area (Å²) < 4.78 is 13.4. The van der Waals surface area contributed by atoms with Crippen molar-refractivity contribution in [2.24, 2.45) is 5.73 Å². The van der Waals surface area contributed by atoms with E-state index in [1.807, 2.05) is 13.0 Å². The molecule has 2 rings (SSSR count). The lowest BCUT2D eigenvalue weighted by molar-refractivity contribution is 0.622. The summed E-state index contributed by atoms with van der Waals surface area (Å²) in [6.07, 6.45) is 0. The number of rotatable bonds is 2. The van der Waals surface area contributed by atoms with Gasteiger partial charge in [0.2, 0.25) is 0 Å². The molecule has 0 spiro atoms. The Hall–Kier alpha value is -1.09. The number of hydrogen-bond donors (Lipinski definition) is 1. The first-order valence-electron chi connectivity index (χ1n) is 5.45. The zero-order valence-electron chi connectivity index (χ0n) is 9.75. The third-order valence-electron chi connectivity index (χ3n) is 2.73. The van der Waals surface area contributed by atoms with Crippen LogP contribution in [0.3, 0.4) is 0 Å². The van der Waals surface area contributed by atoms with Crippen LogP contribution in [0.2, 0.25) is 10.0 Å². The van der Waals surface area contributed by atoms with Crippen molar-refractivity contribution in [3.8, 4) is 0 Å². The van der Waals surface area contributed by atoms with E-state index < -0.39 is 6.04 Å². The first-order chi connectivity index (χ1) is 8.49. The lowest BCUT2D eigenvalue weighted by atomic mass is 9.98. The van der Waals surface area contributed by atoms with Crippen molar-refractivity contribution in [2.75, 3.05) is 0 Å². The van der Waals surface area contributed by atoms with Gasteiger partial charge in [-0.1, -0.05) is 35.3 Å². The van der Waals surface area contributed by atoms with Gasteiger partial charge in [-0.25, -0.2) is 4.39 Å². The zero-order valence-corrected chi connectivity index (χ0v) is 11.3. The fourth-order valence-corrected chi connectivity index (χ4v) is 2.55. The number of benzene rings is 2. The molecule has 2 aromatic rings. The predicted molar refractivity (Wildman–Crippen MR) is 73.6 cm³/mol. The van der Waals surface area contributed by atoms with E-state index in [0.717, 1.165) is 5.56 Å². The molecule has 1 unspecified atom stereocenters. The highest BCUT2D eigenvalue weighted by Gasteiger charge is 2.16. The van der Waals surface area contributed by atoms with E-state index in [2.05, 4.69) is 0 Å². The zero-order chi connectivity index (χ0) is 13.3. The maximum Gasteiger partial charge on any atom is 0.123 e. The molecule has 2 N–H and O–H groups in total. The molecule has 0 amide bonds. The van der Waals surface area contributed by atoms with Crippen LogP contribution in [0.4, 0.5) is 4.39 Å². The Bertz CT molecular complexity index is 544. The predicted octanol–water partition coefficient (Wildman–Crippen LogP) is 4.49. The quantitative estimate of drug-likeness (QED) is 0.864. The van der Waals surface area contributed by atoms with Crippen LogP contribution < -0.4 is 5.73 Å². The fraction of sp³-hybridized carbons (Fsp3) is 0.143. The van der Waals surface area contributed by atoms with Crippen LogP contribution in [0.5, 0.6) is 0 Å². The van der Waals surface area contributed by atoms with Gasteiger partial charge in [0, 0.05) is 15.6 Å². The highest BCUT2D eigenvalue weighted by atomic mass is 35.5. The Labute approximate surface area is 115 Å². The van der Waals surface area contributed by atoms with E-state index in [1.165, 1.54) is 12.1 Å². The van der Waals surface area contributed by atoms with Crippen LogP contribution in [0, 0.1) is 12.7 Å². The summed E-state index contributed by atoms with van der Waals surface area (Å²) >= 11 is 12.2. The molecule has 1 nitrogen and oxygen atoms in total. The maximum absolute atomic E-state index is 13.4. The third-order valence-corrected chi connectivity index (χ3v) is 3.39. The largest absolute Gasteiger partial charge is 0.320 e. The monoisotopic (exact) mass is 283 g/mol. The number of nitrogens with two attached hydrogens (primary N) is 1. The molecule has 0 aromatic heterocycles. The van der Waals surface area contributed by atoms with Gasteiger partial charge in [-0.05, 0) is 42.3 Å².